The molecular weight excluding hydrogens is 392 g/mol. The number of carbonyl (C=O) groups excluding carboxylic acids is 1. The first-order valence-electron chi connectivity index (χ1n) is 9.43. The minimum Gasteiger partial charge on any atom is -0.497 e. The fraction of sp³-hybridized carbons (Fsp3) is 0.381. The van der Waals surface area contributed by atoms with Gasteiger partial charge in [-0.05, 0) is 55.3 Å². The number of nitrogens with zero attached hydrogens (tertiary/aromatic N) is 1. The zero-order valence-corrected chi connectivity index (χ0v) is 18.0. The summed E-state index contributed by atoms with van der Waals surface area (Å²) in [6.07, 6.45) is 1.43. The van der Waals surface area contributed by atoms with Crippen LogP contribution in [0.3, 0.4) is 0 Å². The molecule has 1 atom stereocenters. The molecule has 0 unspecified atom stereocenters. The van der Waals surface area contributed by atoms with Crippen LogP contribution < -0.4 is 19.1 Å². The van der Waals surface area contributed by atoms with Crippen molar-refractivity contribution in [1.29, 1.82) is 0 Å². The van der Waals surface area contributed by atoms with E-state index in [9.17, 15) is 13.2 Å². The van der Waals surface area contributed by atoms with Crippen molar-refractivity contribution in [2.75, 3.05) is 24.3 Å². The van der Waals surface area contributed by atoms with Crippen molar-refractivity contribution in [2.45, 2.75) is 32.9 Å². The number of sulfonamides is 1. The molecule has 1 amide bonds. The van der Waals surface area contributed by atoms with Crippen molar-refractivity contribution in [3.63, 3.8) is 0 Å². The van der Waals surface area contributed by atoms with Gasteiger partial charge in [0.05, 0.1) is 25.7 Å². The largest absolute Gasteiger partial charge is 0.497 e. The Hall–Kier alpha value is -2.74. The van der Waals surface area contributed by atoms with Crippen LogP contribution >= 0.6 is 0 Å². The molecule has 0 aliphatic heterocycles. The van der Waals surface area contributed by atoms with E-state index in [1.165, 1.54) is 0 Å². The average molecular weight is 421 g/mol. The number of hydrogen-bond acceptors (Lipinski definition) is 5. The molecule has 29 heavy (non-hydrogen) atoms. The lowest BCUT2D eigenvalue weighted by Gasteiger charge is -2.30. The van der Waals surface area contributed by atoms with Crippen LogP contribution in [0.5, 0.6) is 11.5 Å². The number of anilines is 1. The molecule has 2 rings (SSSR count). The van der Waals surface area contributed by atoms with Gasteiger partial charge in [0.25, 0.3) is 0 Å². The lowest BCUT2D eigenvalue weighted by atomic mass is 10.1. The number of benzene rings is 2. The molecule has 8 heteroatoms. The van der Waals surface area contributed by atoms with Gasteiger partial charge >= 0.3 is 0 Å². The summed E-state index contributed by atoms with van der Waals surface area (Å²) >= 11 is 0. The molecule has 0 saturated heterocycles. The van der Waals surface area contributed by atoms with Crippen LogP contribution in [0, 0.1) is 0 Å². The summed E-state index contributed by atoms with van der Waals surface area (Å²) in [6.45, 7) is 4.46. The van der Waals surface area contributed by atoms with Gasteiger partial charge in [0, 0.05) is 6.54 Å². The third-order valence-corrected chi connectivity index (χ3v) is 5.54. The molecule has 0 aliphatic carbocycles. The summed E-state index contributed by atoms with van der Waals surface area (Å²) < 4.78 is 36.7. The Balaban J connectivity index is 2.19. The predicted octanol–water partition coefficient (Wildman–Crippen LogP) is 2.95. The summed E-state index contributed by atoms with van der Waals surface area (Å²) in [5.41, 5.74) is 1.31. The lowest BCUT2D eigenvalue weighted by Crippen LogP contribution is -2.49. The fourth-order valence-electron chi connectivity index (χ4n) is 2.97. The Morgan fingerprint density at radius 3 is 2.10 bits per heavy atom. The van der Waals surface area contributed by atoms with E-state index in [0.29, 0.717) is 31.0 Å². The van der Waals surface area contributed by atoms with Gasteiger partial charge in [0.1, 0.15) is 17.5 Å². The molecule has 7 nitrogen and oxygen atoms in total. The third kappa shape index (κ3) is 6.12. The van der Waals surface area contributed by atoms with Crippen LogP contribution in [0.4, 0.5) is 5.69 Å². The minimum atomic E-state index is -3.68. The Kier molecular flexibility index (Phi) is 7.90. The Labute approximate surface area is 172 Å². The molecule has 0 aromatic heterocycles. The summed E-state index contributed by atoms with van der Waals surface area (Å²) in [6, 6.07) is 13.1. The standard InChI is InChI=1S/C21H28N2O5S/c1-5-20(21(24)22-15-16-7-11-18(27-3)12-8-16)23(29(4,25)26)17-9-13-19(14-10-17)28-6-2/h7-14,20H,5-6,15H2,1-4H3,(H,22,24)/t20-/m0/s1. The van der Waals surface area contributed by atoms with E-state index in [-0.39, 0.29) is 5.91 Å². The van der Waals surface area contributed by atoms with Crippen molar-refractivity contribution < 1.29 is 22.7 Å². The average Bonchev–Trinajstić information content (AvgIpc) is 2.70. The highest BCUT2D eigenvalue weighted by Gasteiger charge is 2.31. The number of nitrogens with one attached hydrogen (secondary N) is 1. The monoisotopic (exact) mass is 420 g/mol. The van der Waals surface area contributed by atoms with Crippen molar-refractivity contribution in [3.8, 4) is 11.5 Å². The van der Waals surface area contributed by atoms with Crippen LogP contribution in [0.2, 0.25) is 0 Å². The van der Waals surface area contributed by atoms with Gasteiger partial charge in [-0.15, -0.1) is 0 Å². The zero-order chi connectivity index (χ0) is 21.4. The zero-order valence-electron chi connectivity index (χ0n) is 17.2. The number of hydrogen-bond donors (Lipinski definition) is 1. The van der Waals surface area contributed by atoms with E-state index >= 15 is 0 Å². The first-order valence-corrected chi connectivity index (χ1v) is 11.3. The van der Waals surface area contributed by atoms with Crippen molar-refractivity contribution in [1.82, 2.24) is 5.32 Å². The smallest absolute Gasteiger partial charge is 0.244 e. The van der Waals surface area contributed by atoms with Gasteiger partial charge in [0.2, 0.25) is 15.9 Å². The summed E-state index contributed by atoms with van der Waals surface area (Å²) in [4.78, 5) is 12.8. The van der Waals surface area contributed by atoms with Gasteiger partial charge in [-0.25, -0.2) is 8.42 Å². The van der Waals surface area contributed by atoms with Crippen LogP contribution in [0.15, 0.2) is 48.5 Å². The molecule has 1 N–H and O–H groups in total. The molecule has 0 saturated carbocycles. The first kappa shape index (κ1) is 22.5. The summed E-state index contributed by atoms with van der Waals surface area (Å²) in [5, 5.41) is 2.83. The van der Waals surface area contributed by atoms with E-state index in [0.717, 1.165) is 21.9 Å². The topological polar surface area (TPSA) is 84.9 Å². The second kappa shape index (κ2) is 10.2. The molecule has 0 aliphatic rings. The number of methoxy groups -OCH3 is 1. The fourth-order valence-corrected chi connectivity index (χ4v) is 4.18. The second-order valence-electron chi connectivity index (χ2n) is 6.48. The third-order valence-electron chi connectivity index (χ3n) is 4.36. The molecule has 2 aromatic rings. The van der Waals surface area contributed by atoms with Crippen LogP contribution in [0.25, 0.3) is 0 Å². The molecule has 158 valence electrons. The molecular formula is C21H28N2O5S. The van der Waals surface area contributed by atoms with Gasteiger partial charge < -0.3 is 14.8 Å². The molecule has 0 bridgehead atoms. The van der Waals surface area contributed by atoms with E-state index in [2.05, 4.69) is 5.32 Å². The molecule has 0 spiro atoms. The van der Waals surface area contributed by atoms with Crippen LogP contribution in [0.1, 0.15) is 25.8 Å². The maximum atomic E-state index is 12.8. The van der Waals surface area contributed by atoms with Crippen LogP contribution in [-0.4, -0.2) is 40.3 Å². The molecule has 0 heterocycles. The molecule has 0 radical (unpaired) electrons. The van der Waals surface area contributed by atoms with Crippen molar-refractivity contribution in [2.24, 2.45) is 0 Å². The first-order chi connectivity index (χ1) is 13.8. The van der Waals surface area contributed by atoms with Crippen LogP contribution in [-0.2, 0) is 21.4 Å². The van der Waals surface area contributed by atoms with Gasteiger partial charge in [-0.2, -0.15) is 0 Å². The van der Waals surface area contributed by atoms with E-state index in [1.807, 2.05) is 31.2 Å². The van der Waals surface area contributed by atoms with Crippen molar-refractivity contribution in [3.05, 3.63) is 54.1 Å². The maximum absolute atomic E-state index is 12.8. The normalized spacial score (nSPS) is 12.1. The SMILES string of the molecule is CCOc1ccc(N([C@@H](CC)C(=O)NCc2ccc(OC)cc2)S(C)(=O)=O)cc1. The highest BCUT2D eigenvalue weighted by atomic mass is 32.2. The van der Waals surface area contributed by atoms with Gasteiger partial charge in [-0.1, -0.05) is 19.1 Å². The lowest BCUT2D eigenvalue weighted by molar-refractivity contribution is -0.122. The van der Waals surface area contributed by atoms with Gasteiger partial charge in [-0.3, -0.25) is 9.10 Å². The minimum absolute atomic E-state index is 0.292. The highest BCUT2D eigenvalue weighted by Crippen LogP contribution is 2.25. The second-order valence-corrected chi connectivity index (χ2v) is 8.34. The Morgan fingerprint density at radius 1 is 1.03 bits per heavy atom. The van der Waals surface area contributed by atoms with E-state index < -0.39 is 16.1 Å². The van der Waals surface area contributed by atoms with Crippen molar-refractivity contribution >= 4 is 21.6 Å². The van der Waals surface area contributed by atoms with E-state index in [1.54, 1.807) is 38.3 Å². The number of carbonyl (C=O) groups is 1. The Morgan fingerprint density at radius 2 is 1.62 bits per heavy atom. The number of ether oxygens (including phenoxy) is 2. The molecule has 2 aromatic carbocycles. The van der Waals surface area contributed by atoms with E-state index in [4.69, 9.17) is 9.47 Å². The number of rotatable bonds is 10. The van der Waals surface area contributed by atoms with Gasteiger partial charge in [0.15, 0.2) is 0 Å². The molecule has 0 fully saturated rings. The quantitative estimate of drug-likeness (QED) is 0.639. The summed E-state index contributed by atoms with van der Waals surface area (Å²) in [5.74, 6) is 1.01. The highest BCUT2D eigenvalue weighted by molar-refractivity contribution is 7.92. The predicted molar refractivity (Wildman–Crippen MR) is 114 cm³/mol. The summed E-state index contributed by atoms with van der Waals surface area (Å²) in [7, 11) is -2.09. The Bertz CT molecular complexity index is 896. The number of amides is 1. The maximum Gasteiger partial charge on any atom is 0.244 e.